The lowest BCUT2D eigenvalue weighted by molar-refractivity contribution is -0.165. The maximum atomic E-state index is 13.3. The van der Waals surface area contributed by atoms with Crippen LogP contribution in [0, 0.1) is 11.8 Å². The van der Waals surface area contributed by atoms with Crippen molar-refractivity contribution in [2.45, 2.75) is 50.6 Å². The first-order valence-corrected chi connectivity index (χ1v) is 10.3. The molecule has 1 heterocycles. The van der Waals surface area contributed by atoms with E-state index in [0.29, 0.717) is 17.9 Å². The van der Waals surface area contributed by atoms with Gasteiger partial charge in [0, 0.05) is 6.04 Å². The molecule has 2 aliphatic rings. The molecule has 2 aromatic rings. The van der Waals surface area contributed by atoms with Crippen molar-refractivity contribution in [2.24, 2.45) is 11.8 Å². The summed E-state index contributed by atoms with van der Waals surface area (Å²) in [6, 6.07) is 21.4. The van der Waals surface area contributed by atoms with Gasteiger partial charge in [-0.1, -0.05) is 86.0 Å². The molecule has 0 radical (unpaired) electrons. The van der Waals surface area contributed by atoms with Gasteiger partial charge in [-0.15, -0.1) is 6.58 Å². The Balaban J connectivity index is 1.73. The summed E-state index contributed by atoms with van der Waals surface area (Å²) >= 11 is 0. The Kier molecular flexibility index (Phi) is 5.42. The molecule has 1 saturated carbocycles. The van der Waals surface area contributed by atoms with E-state index < -0.39 is 0 Å². The highest BCUT2D eigenvalue weighted by atomic mass is 16.2. The standard InChI is InChI=1S/C25H29NO/c1-2-12-22-24(21-17-10-5-11-18-21)26(25(22)27)23(19-13-6-3-7-14-19)20-15-8-4-9-16-20/h2-4,6-9,13-16,21-24H,1,5,10-12,17-18H2/t22-,24-/m1/s1. The fraction of sp³-hybridized carbons (Fsp3) is 0.400. The SMILES string of the molecule is C=CC[C@H]1C(=O)N(C(c2ccccc2)c2ccccc2)[C@@H]1C1CCCCC1. The Morgan fingerprint density at radius 1 is 0.926 bits per heavy atom. The number of benzene rings is 2. The van der Waals surface area contributed by atoms with Crippen LogP contribution in [0.4, 0.5) is 0 Å². The van der Waals surface area contributed by atoms with Crippen LogP contribution in [0.2, 0.25) is 0 Å². The van der Waals surface area contributed by atoms with E-state index in [2.05, 4.69) is 60.0 Å². The molecular weight excluding hydrogens is 330 g/mol. The largest absolute Gasteiger partial charge is 0.327 e. The van der Waals surface area contributed by atoms with E-state index in [1.165, 1.54) is 43.2 Å². The fourth-order valence-electron chi connectivity index (χ4n) is 5.13. The first kappa shape index (κ1) is 18.0. The Morgan fingerprint density at radius 3 is 2.00 bits per heavy atom. The van der Waals surface area contributed by atoms with Crippen molar-refractivity contribution >= 4 is 5.91 Å². The van der Waals surface area contributed by atoms with E-state index in [9.17, 15) is 4.79 Å². The second-order valence-electron chi connectivity index (χ2n) is 7.99. The number of carbonyl (C=O) groups excluding carboxylic acids is 1. The van der Waals surface area contributed by atoms with E-state index in [4.69, 9.17) is 0 Å². The smallest absolute Gasteiger partial charge is 0.229 e. The number of amides is 1. The topological polar surface area (TPSA) is 20.3 Å². The Morgan fingerprint density at radius 2 is 1.48 bits per heavy atom. The average molecular weight is 360 g/mol. The number of allylic oxidation sites excluding steroid dienone is 1. The van der Waals surface area contributed by atoms with Crippen LogP contribution in [0.25, 0.3) is 0 Å². The van der Waals surface area contributed by atoms with Crippen molar-refractivity contribution in [3.8, 4) is 0 Å². The summed E-state index contributed by atoms with van der Waals surface area (Å²) in [6.45, 7) is 3.91. The van der Waals surface area contributed by atoms with Crippen LogP contribution in [0.15, 0.2) is 73.3 Å². The molecule has 1 saturated heterocycles. The molecule has 2 aromatic carbocycles. The number of rotatable bonds is 6. The van der Waals surface area contributed by atoms with Crippen molar-refractivity contribution in [1.29, 1.82) is 0 Å². The summed E-state index contributed by atoms with van der Waals surface area (Å²) < 4.78 is 0. The normalized spacial score (nSPS) is 23.3. The summed E-state index contributed by atoms with van der Waals surface area (Å²) in [7, 11) is 0. The monoisotopic (exact) mass is 359 g/mol. The number of β-lactam (4-membered cyclic amide) rings is 1. The molecule has 2 atom stereocenters. The highest BCUT2D eigenvalue weighted by Gasteiger charge is 2.52. The van der Waals surface area contributed by atoms with Gasteiger partial charge in [0.1, 0.15) is 0 Å². The van der Waals surface area contributed by atoms with E-state index in [1.807, 2.05) is 18.2 Å². The molecular formula is C25H29NO. The third-order valence-electron chi connectivity index (χ3n) is 6.37. The van der Waals surface area contributed by atoms with Gasteiger partial charge in [0.05, 0.1) is 12.0 Å². The third-order valence-corrected chi connectivity index (χ3v) is 6.37. The van der Waals surface area contributed by atoms with Gasteiger partial charge in [-0.25, -0.2) is 0 Å². The Labute approximate surface area is 162 Å². The van der Waals surface area contributed by atoms with Crippen molar-refractivity contribution in [1.82, 2.24) is 4.90 Å². The molecule has 27 heavy (non-hydrogen) atoms. The van der Waals surface area contributed by atoms with E-state index in [0.717, 1.165) is 6.42 Å². The zero-order valence-electron chi connectivity index (χ0n) is 16.0. The van der Waals surface area contributed by atoms with E-state index in [-0.39, 0.29) is 12.0 Å². The lowest BCUT2D eigenvalue weighted by Gasteiger charge is -2.55. The first-order valence-electron chi connectivity index (χ1n) is 10.3. The second-order valence-corrected chi connectivity index (χ2v) is 7.99. The average Bonchev–Trinajstić information content (AvgIpc) is 2.74. The van der Waals surface area contributed by atoms with Gasteiger partial charge in [-0.05, 0) is 36.3 Å². The molecule has 2 fully saturated rings. The maximum absolute atomic E-state index is 13.3. The predicted octanol–water partition coefficient (Wildman–Crippen LogP) is 5.76. The molecule has 140 valence electrons. The van der Waals surface area contributed by atoms with Crippen molar-refractivity contribution < 1.29 is 4.79 Å². The van der Waals surface area contributed by atoms with Crippen LogP contribution in [0.3, 0.4) is 0 Å². The number of nitrogens with zero attached hydrogens (tertiary/aromatic N) is 1. The highest BCUT2D eigenvalue weighted by molar-refractivity contribution is 5.87. The minimum Gasteiger partial charge on any atom is -0.327 e. The Bertz CT molecular complexity index is 724. The summed E-state index contributed by atoms with van der Waals surface area (Å²) in [5.41, 5.74) is 2.41. The van der Waals surface area contributed by atoms with Crippen LogP contribution in [-0.2, 0) is 4.79 Å². The van der Waals surface area contributed by atoms with Crippen LogP contribution < -0.4 is 0 Å². The molecule has 2 heteroatoms. The molecule has 2 nitrogen and oxygen atoms in total. The summed E-state index contributed by atoms with van der Waals surface area (Å²) in [4.78, 5) is 15.5. The van der Waals surface area contributed by atoms with Crippen LogP contribution in [0.1, 0.15) is 55.7 Å². The molecule has 1 amide bonds. The van der Waals surface area contributed by atoms with Crippen molar-refractivity contribution in [3.63, 3.8) is 0 Å². The molecule has 1 aliphatic heterocycles. The van der Waals surface area contributed by atoms with Crippen LogP contribution in [-0.4, -0.2) is 16.8 Å². The van der Waals surface area contributed by atoms with E-state index in [1.54, 1.807) is 0 Å². The zero-order chi connectivity index (χ0) is 18.6. The van der Waals surface area contributed by atoms with Gasteiger partial charge in [0.2, 0.25) is 5.91 Å². The highest BCUT2D eigenvalue weighted by Crippen LogP contribution is 2.47. The minimum atomic E-state index is 0.00731. The van der Waals surface area contributed by atoms with Gasteiger partial charge in [0.25, 0.3) is 0 Å². The number of carbonyl (C=O) groups is 1. The lowest BCUT2D eigenvalue weighted by Crippen LogP contribution is -2.64. The van der Waals surface area contributed by atoms with Crippen LogP contribution in [0.5, 0.6) is 0 Å². The number of hydrogen-bond acceptors (Lipinski definition) is 1. The quantitative estimate of drug-likeness (QED) is 0.474. The molecule has 0 N–H and O–H groups in total. The number of hydrogen-bond donors (Lipinski definition) is 0. The maximum Gasteiger partial charge on any atom is 0.229 e. The van der Waals surface area contributed by atoms with E-state index >= 15 is 0 Å². The molecule has 0 unspecified atom stereocenters. The molecule has 0 spiro atoms. The van der Waals surface area contributed by atoms with Crippen molar-refractivity contribution in [2.75, 3.05) is 0 Å². The number of likely N-dealkylation sites (tertiary alicyclic amines) is 1. The molecule has 0 aromatic heterocycles. The lowest BCUT2D eigenvalue weighted by atomic mass is 9.70. The second kappa shape index (κ2) is 8.12. The van der Waals surface area contributed by atoms with Gasteiger partial charge < -0.3 is 4.90 Å². The zero-order valence-corrected chi connectivity index (χ0v) is 16.0. The van der Waals surface area contributed by atoms with Gasteiger partial charge in [0.15, 0.2) is 0 Å². The first-order chi connectivity index (χ1) is 13.3. The summed E-state index contributed by atoms with van der Waals surface area (Å²) in [6.07, 6.45) is 9.15. The molecule has 0 bridgehead atoms. The summed E-state index contributed by atoms with van der Waals surface area (Å²) in [5.74, 6) is 1.03. The van der Waals surface area contributed by atoms with Gasteiger partial charge in [-0.2, -0.15) is 0 Å². The summed E-state index contributed by atoms with van der Waals surface area (Å²) in [5, 5.41) is 0. The van der Waals surface area contributed by atoms with Crippen LogP contribution >= 0.6 is 0 Å². The fourth-order valence-corrected chi connectivity index (χ4v) is 5.13. The van der Waals surface area contributed by atoms with Gasteiger partial charge >= 0.3 is 0 Å². The molecule has 1 aliphatic carbocycles. The predicted molar refractivity (Wildman–Crippen MR) is 110 cm³/mol. The Hall–Kier alpha value is -2.35. The van der Waals surface area contributed by atoms with Gasteiger partial charge in [-0.3, -0.25) is 4.79 Å². The molecule has 4 rings (SSSR count). The third kappa shape index (κ3) is 3.45. The van der Waals surface area contributed by atoms with Crippen molar-refractivity contribution in [3.05, 3.63) is 84.4 Å². The minimum absolute atomic E-state index is 0.00731.